The van der Waals surface area contributed by atoms with Crippen LogP contribution in [0.3, 0.4) is 0 Å². The van der Waals surface area contributed by atoms with E-state index in [2.05, 4.69) is 0 Å². The minimum atomic E-state index is -4.05. The van der Waals surface area contributed by atoms with Crippen molar-refractivity contribution in [3.05, 3.63) is 71.8 Å². The van der Waals surface area contributed by atoms with Crippen molar-refractivity contribution in [1.29, 1.82) is 0 Å². The lowest BCUT2D eigenvalue weighted by molar-refractivity contribution is -0.0996. The molecule has 0 unspecified atom stereocenters. The summed E-state index contributed by atoms with van der Waals surface area (Å²) in [7, 11) is -4.05. The third-order valence-corrected chi connectivity index (χ3v) is 12.2. The van der Waals surface area contributed by atoms with Gasteiger partial charge in [0.05, 0.1) is 23.9 Å². The van der Waals surface area contributed by atoms with Crippen LogP contribution in [0.4, 0.5) is 4.79 Å². The summed E-state index contributed by atoms with van der Waals surface area (Å²) >= 11 is 0. The zero-order chi connectivity index (χ0) is 34.5. The van der Waals surface area contributed by atoms with Crippen molar-refractivity contribution in [3.8, 4) is 0 Å². The fraction of sp³-hybridized carbons (Fsp3) is 0.667. The fourth-order valence-electron chi connectivity index (χ4n) is 8.23. The van der Waals surface area contributed by atoms with Gasteiger partial charge in [0, 0.05) is 6.54 Å². The molecule has 1 aliphatic heterocycles. The molecule has 1 N–H and O–H groups in total. The van der Waals surface area contributed by atoms with Crippen LogP contribution in [0, 0.1) is 11.8 Å². The molecule has 1 heterocycles. The molecule has 48 heavy (non-hydrogen) atoms. The number of hydrogen-bond acceptors (Lipinski definition) is 6. The van der Waals surface area contributed by atoms with Crippen LogP contribution < -0.4 is 0 Å². The van der Waals surface area contributed by atoms with Gasteiger partial charge in [-0.1, -0.05) is 112 Å². The summed E-state index contributed by atoms with van der Waals surface area (Å²) in [6, 6.07) is 18.5. The van der Waals surface area contributed by atoms with Crippen LogP contribution in [0.15, 0.2) is 60.7 Å². The zero-order valence-electron chi connectivity index (χ0n) is 29.7. The molecular weight excluding hydrogens is 625 g/mol. The second kappa shape index (κ2) is 15.6. The Balaban J connectivity index is 1.49. The average molecular weight is 683 g/mol. The minimum absolute atomic E-state index is 0.240. The molecule has 2 aromatic carbocycles. The number of carbonyl (C=O) groups is 1. The van der Waals surface area contributed by atoms with E-state index in [1.165, 1.54) is 12.8 Å². The van der Waals surface area contributed by atoms with Crippen LogP contribution in [0.5, 0.6) is 0 Å². The van der Waals surface area contributed by atoms with Crippen molar-refractivity contribution in [2.75, 3.05) is 12.3 Å². The third kappa shape index (κ3) is 9.20. The number of aliphatic hydroxyl groups excluding tert-OH is 1. The Morgan fingerprint density at radius 1 is 0.896 bits per heavy atom. The highest BCUT2D eigenvalue weighted by molar-refractivity contribution is 7.89. The summed E-state index contributed by atoms with van der Waals surface area (Å²) in [5, 5.41) is 12.0. The first-order valence-corrected chi connectivity index (χ1v) is 19.8. The fourth-order valence-corrected chi connectivity index (χ4v) is 10.0. The van der Waals surface area contributed by atoms with Gasteiger partial charge in [0.2, 0.25) is 10.0 Å². The zero-order valence-corrected chi connectivity index (χ0v) is 30.5. The van der Waals surface area contributed by atoms with Gasteiger partial charge in [0.15, 0.2) is 0 Å². The van der Waals surface area contributed by atoms with E-state index in [4.69, 9.17) is 9.47 Å². The standard InChI is InChI=1S/C39H58N2O6S/c1-38(2,3)47-37(43)41-33(26-29-18-10-6-11-19-29)36(46-39(41,4)5)34(42)28-48(44,45)40(27-30-20-12-7-13-21-30)35(31-22-14-8-15-23-31)32-24-16-9-17-25-32/h8-9,14-17,22-25,29-30,33-36,42H,6-7,10-13,18-21,26-28H2,1-5H3/t33-,34+,36+/m0/s1. The van der Waals surface area contributed by atoms with E-state index in [0.29, 0.717) is 18.9 Å². The summed E-state index contributed by atoms with van der Waals surface area (Å²) in [5.74, 6) is 0.102. The van der Waals surface area contributed by atoms with Gasteiger partial charge >= 0.3 is 6.09 Å². The van der Waals surface area contributed by atoms with E-state index in [9.17, 15) is 18.3 Å². The maximum atomic E-state index is 14.8. The van der Waals surface area contributed by atoms with E-state index in [0.717, 1.165) is 62.5 Å². The molecule has 0 bridgehead atoms. The van der Waals surface area contributed by atoms with E-state index in [1.54, 1.807) is 9.21 Å². The van der Waals surface area contributed by atoms with Gasteiger partial charge in [0.25, 0.3) is 0 Å². The van der Waals surface area contributed by atoms with E-state index in [-0.39, 0.29) is 5.92 Å². The molecule has 0 spiro atoms. The van der Waals surface area contributed by atoms with Crippen molar-refractivity contribution in [3.63, 3.8) is 0 Å². The van der Waals surface area contributed by atoms with Crippen LogP contribution in [0.1, 0.15) is 122 Å². The van der Waals surface area contributed by atoms with Crippen molar-refractivity contribution in [1.82, 2.24) is 9.21 Å². The molecule has 8 nitrogen and oxygen atoms in total. The number of aliphatic hydroxyl groups is 1. The molecule has 266 valence electrons. The Morgan fingerprint density at radius 2 is 1.40 bits per heavy atom. The second-order valence-electron chi connectivity index (χ2n) is 15.8. The number of carbonyl (C=O) groups excluding carboxylic acids is 1. The van der Waals surface area contributed by atoms with Crippen LogP contribution in [0.25, 0.3) is 0 Å². The highest BCUT2D eigenvalue weighted by Crippen LogP contribution is 2.41. The predicted molar refractivity (Wildman–Crippen MR) is 190 cm³/mol. The Morgan fingerprint density at radius 3 is 1.90 bits per heavy atom. The van der Waals surface area contributed by atoms with Gasteiger partial charge in [-0.3, -0.25) is 4.90 Å². The van der Waals surface area contributed by atoms with E-state index < -0.39 is 57.5 Å². The molecule has 1 amide bonds. The summed E-state index contributed by atoms with van der Waals surface area (Å²) in [4.78, 5) is 15.4. The molecule has 3 aliphatic rings. The third-order valence-electron chi connectivity index (χ3n) is 10.4. The highest BCUT2D eigenvalue weighted by atomic mass is 32.2. The highest BCUT2D eigenvalue weighted by Gasteiger charge is 2.54. The summed E-state index contributed by atoms with van der Waals surface area (Å²) in [6.45, 7) is 9.50. The maximum Gasteiger partial charge on any atom is 0.412 e. The lowest BCUT2D eigenvalue weighted by atomic mass is 9.83. The van der Waals surface area contributed by atoms with Gasteiger partial charge in [-0.2, -0.15) is 4.31 Å². The lowest BCUT2D eigenvalue weighted by Gasteiger charge is -2.37. The Bertz CT molecular complexity index is 1380. The van der Waals surface area contributed by atoms with Crippen LogP contribution in [-0.4, -0.2) is 70.7 Å². The molecule has 3 atom stereocenters. The van der Waals surface area contributed by atoms with Crippen LogP contribution in [0.2, 0.25) is 0 Å². The number of sulfonamides is 1. The molecular formula is C39H58N2O6S. The number of rotatable bonds is 11. The van der Waals surface area contributed by atoms with Crippen molar-refractivity contribution in [2.24, 2.45) is 11.8 Å². The molecule has 2 saturated carbocycles. The molecule has 2 aromatic rings. The number of benzene rings is 2. The minimum Gasteiger partial charge on any atom is -0.444 e. The Hall–Kier alpha value is -2.46. The molecule has 2 aliphatic carbocycles. The Labute approximate surface area is 289 Å². The van der Waals surface area contributed by atoms with Crippen molar-refractivity contribution >= 4 is 16.1 Å². The first-order chi connectivity index (χ1) is 22.7. The predicted octanol–water partition coefficient (Wildman–Crippen LogP) is 8.06. The summed E-state index contributed by atoms with van der Waals surface area (Å²) in [6.07, 6.45) is 8.79. The number of nitrogens with zero attached hydrogens (tertiary/aromatic N) is 2. The molecule has 5 rings (SSSR count). The number of hydrogen-bond donors (Lipinski definition) is 1. The average Bonchev–Trinajstić information content (AvgIpc) is 3.31. The van der Waals surface area contributed by atoms with Gasteiger partial charge in [0.1, 0.15) is 17.4 Å². The lowest BCUT2D eigenvalue weighted by Crippen LogP contribution is -2.52. The van der Waals surface area contributed by atoms with E-state index in [1.807, 2.05) is 95.3 Å². The monoisotopic (exact) mass is 682 g/mol. The number of ether oxygens (including phenoxy) is 2. The molecule has 0 radical (unpaired) electrons. The smallest absolute Gasteiger partial charge is 0.412 e. The quantitative estimate of drug-likeness (QED) is 0.258. The molecule has 9 heteroatoms. The van der Waals surface area contributed by atoms with Gasteiger partial charge < -0.3 is 14.6 Å². The van der Waals surface area contributed by atoms with Gasteiger partial charge in [-0.15, -0.1) is 0 Å². The molecule has 1 saturated heterocycles. The molecule has 3 fully saturated rings. The topological polar surface area (TPSA) is 96.4 Å². The second-order valence-corrected chi connectivity index (χ2v) is 17.8. The first-order valence-electron chi connectivity index (χ1n) is 18.2. The normalized spacial score (nSPS) is 23.5. The Kier molecular flexibility index (Phi) is 12.0. The summed E-state index contributed by atoms with van der Waals surface area (Å²) < 4.78 is 43.7. The van der Waals surface area contributed by atoms with Crippen LogP contribution >= 0.6 is 0 Å². The largest absolute Gasteiger partial charge is 0.444 e. The first kappa shape index (κ1) is 36.8. The van der Waals surface area contributed by atoms with E-state index >= 15 is 0 Å². The number of amides is 1. The molecule has 0 aromatic heterocycles. The van der Waals surface area contributed by atoms with Gasteiger partial charge in [-0.25, -0.2) is 13.2 Å². The summed E-state index contributed by atoms with van der Waals surface area (Å²) in [5.41, 5.74) is -0.0223. The van der Waals surface area contributed by atoms with Gasteiger partial charge in [-0.05, 0) is 76.8 Å². The van der Waals surface area contributed by atoms with Crippen molar-refractivity contribution < 1.29 is 27.8 Å². The maximum absolute atomic E-state index is 14.8. The SMILES string of the molecule is CC(C)(C)OC(=O)N1[C@@H](CC2CCCCC2)[C@H]([C@H](O)CS(=O)(=O)N(CC2CCCCC2)C(c2ccccc2)c2ccccc2)OC1(C)C. The van der Waals surface area contributed by atoms with Crippen LogP contribution in [-0.2, 0) is 19.5 Å². The van der Waals surface area contributed by atoms with Crippen molar-refractivity contribution in [2.45, 2.75) is 141 Å².